The number of rotatable bonds is 6. The molecule has 3 atom stereocenters. The number of benzene rings is 1. The Kier molecular flexibility index (Phi) is 4.13. The molecule has 1 aliphatic rings. The first-order valence-corrected chi connectivity index (χ1v) is 8.53. The van der Waals surface area contributed by atoms with Crippen LogP contribution in [0.4, 0.5) is 0 Å². The standard InChI is InChI=1S/C15H20O5S/c1-4-21(18,19)13-12(11-7-5-10(2)6-8-11)15(13,9-20-3)14(16)17/h5-8,12-13H,4,9H2,1-3H3,(H,16,17)/t12-,13-,15-/m1/s1. The number of aryl methyl sites for hydroxylation is 1. The number of carboxylic acid groups (broad SMARTS) is 1. The molecule has 1 aliphatic carbocycles. The van der Waals surface area contributed by atoms with Crippen LogP contribution in [0, 0.1) is 12.3 Å². The highest BCUT2D eigenvalue weighted by atomic mass is 32.2. The number of carboxylic acids is 1. The summed E-state index contributed by atoms with van der Waals surface area (Å²) in [5.41, 5.74) is 0.405. The Morgan fingerprint density at radius 2 is 1.90 bits per heavy atom. The van der Waals surface area contributed by atoms with Gasteiger partial charge in [0.2, 0.25) is 0 Å². The molecule has 1 fully saturated rings. The lowest BCUT2D eigenvalue weighted by Gasteiger charge is -2.11. The summed E-state index contributed by atoms with van der Waals surface area (Å²) in [7, 11) is -2.07. The zero-order chi connectivity index (χ0) is 15.8. The fourth-order valence-corrected chi connectivity index (χ4v) is 5.14. The first kappa shape index (κ1) is 16.0. The summed E-state index contributed by atoms with van der Waals surface area (Å²) in [6.45, 7) is 3.36. The molecular formula is C15H20O5S. The van der Waals surface area contributed by atoms with Gasteiger partial charge in [-0.15, -0.1) is 0 Å². The molecule has 6 heteroatoms. The Labute approximate surface area is 124 Å². The molecule has 1 N–H and O–H groups in total. The van der Waals surface area contributed by atoms with E-state index in [1.165, 1.54) is 7.11 Å². The van der Waals surface area contributed by atoms with Gasteiger partial charge in [0.05, 0.1) is 11.9 Å². The molecule has 0 heterocycles. The average molecular weight is 312 g/mol. The smallest absolute Gasteiger partial charge is 0.314 e. The second kappa shape index (κ2) is 5.42. The van der Waals surface area contributed by atoms with Gasteiger partial charge in [0.25, 0.3) is 0 Å². The number of aliphatic carboxylic acids is 1. The largest absolute Gasteiger partial charge is 0.481 e. The molecule has 5 nitrogen and oxygen atoms in total. The van der Waals surface area contributed by atoms with Gasteiger partial charge in [0.15, 0.2) is 9.84 Å². The number of hydrogen-bond acceptors (Lipinski definition) is 4. The fourth-order valence-electron chi connectivity index (χ4n) is 3.09. The van der Waals surface area contributed by atoms with Gasteiger partial charge in [0.1, 0.15) is 5.41 Å². The third kappa shape index (κ3) is 2.46. The predicted molar refractivity (Wildman–Crippen MR) is 79.1 cm³/mol. The van der Waals surface area contributed by atoms with Crippen LogP contribution in [0.25, 0.3) is 0 Å². The lowest BCUT2D eigenvalue weighted by atomic mass is 9.99. The van der Waals surface area contributed by atoms with Crippen LogP contribution in [0.1, 0.15) is 24.0 Å². The van der Waals surface area contributed by atoms with E-state index >= 15 is 0 Å². The van der Waals surface area contributed by atoms with E-state index < -0.39 is 32.4 Å². The first-order chi connectivity index (χ1) is 9.81. The van der Waals surface area contributed by atoms with Gasteiger partial charge in [-0.25, -0.2) is 8.42 Å². The average Bonchev–Trinajstić information content (AvgIpc) is 3.11. The molecule has 0 unspecified atom stereocenters. The summed E-state index contributed by atoms with van der Waals surface area (Å²) in [4.78, 5) is 11.8. The second-order valence-corrected chi connectivity index (χ2v) is 7.95. The summed E-state index contributed by atoms with van der Waals surface area (Å²) >= 11 is 0. The van der Waals surface area contributed by atoms with Gasteiger partial charge in [-0.2, -0.15) is 0 Å². The maximum atomic E-state index is 12.3. The quantitative estimate of drug-likeness (QED) is 0.863. The molecule has 0 spiro atoms. The van der Waals surface area contributed by atoms with Gasteiger partial charge in [-0.1, -0.05) is 36.8 Å². The van der Waals surface area contributed by atoms with Crippen molar-refractivity contribution in [1.29, 1.82) is 0 Å². The summed E-state index contributed by atoms with van der Waals surface area (Å²) in [5.74, 6) is -1.74. The van der Waals surface area contributed by atoms with Crippen molar-refractivity contribution in [2.24, 2.45) is 5.41 Å². The molecule has 1 saturated carbocycles. The van der Waals surface area contributed by atoms with Crippen LogP contribution in [0.3, 0.4) is 0 Å². The zero-order valence-electron chi connectivity index (χ0n) is 12.4. The number of hydrogen-bond donors (Lipinski definition) is 1. The van der Waals surface area contributed by atoms with Crippen LogP contribution >= 0.6 is 0 Å². The van der Waals surface area contributed by atoms with Crippen molar-refractivity contribution in [3.63, 3.8) is 0 Å². The molecule has 0 saturated heterocycles. The highest BCUT2D eigenvalue weighted by Crippen LogP contribution is 2.63. The van der Waals surface area contributed by atoms with Gasteiger partial charge in [-0.3, -0.25) is 4.79 Å². The van der Waals surface area contributed by atoms with Crippen LogP contribution < -0.4 is 0 Å². The number of sulfone groups is 1. The van der Waals surface area contributed by atoms with Gasteiger partial charge in [-0.05, 0) is 12.5 Å². The van der Waals surface area contributed by atoms with Crippen molar-refractivity contribution in [3.8, 4) is 0 Å². The molecular weight excluding hydrogens is 292 g/mol. The van der Waals surface area contributed by atoms with E-state index in [9.17, 15) is 18.3 Å². The monoisotopic (exact) mass is 312 g/mol. The zero-order valence-corrected chi connectivity index (χ0v) is 13.2. The Bertz CT molecular complexity index is 635. The molecule has 0 aromatic heterocycles. The normalized spacial score (nSPS) is 28.3. The molecule has 0 bridgehead atoms. The Hall–Kier alpha value is -1.40. The topological polar surface area (TPSA) is 80.7 Å². The Morgan fingerprint density at radius 1 is 1.33 bits per heavy atom. The first-order valence-electron chi connectivity index (χ1n) is 6.81. The molecule has 0 amide bonds. The Balaban J connectivity index is 2.51. The molecule has 2 rings (SSSR count). The van der Waals surface area contributed by atoms with Crippen molar-refractivity contribution in [2.75, 3.05) is 19.5 Å². The highest BCUT2D eigenvalue weighted by Gasteiger charge is 2.75. The van der Waals surface area contributed by atoms with Gasteiger partial charge >= 0.3 is 5.97 Å². The van der Waals surface area contributed by atoms with E-state index in [1.54, 1.807) is 19.1 Å². The summed E-state index contributed by atoms with van der Waals surface area (Å²) in [5, 5.41) is 8.68. The van der Waals surface area contributed by atoms with E-state index in [0.717, 1.165) is 11.1 Å². The van der Waals surface area contributed by atoms with E-state index in [1.807, 2.05) is 19.1 Å². The van der Waals surface area contributed by atoms with Crippen LogP contribution in [0.5, 0.6) is 0 Å². The van der Waals surface area contributed by atoms with Crippen LogP contribution in [-0.2, 0) is 19.4 Å². The van der Waals surface area contributed by atoms with Crippen molar-refractivity contribution in [1.82, 2.24) is 0 Å². The second-order valence-electron chi connectivity index (χ2n) is 5.54. The lowest BCUT2D eigenvalue weighted by Crippen LogP contribution is -2.29. The maximum absolute atomic E-state index is 12.3. The minimum absolute atomic E-state index is 0.0707. The number of methoxy groups -OCH3 is 1. The Morgan fingerprint density at radius 3 is 2.33 bits per heavy atom. The van der Waals surface area contributed by atoms with E-state index in [-0.39, 0.29) is 12.4 Å². The number of ether oxygens (including phenoxy) is 1. The minimum atomic E-state index is -3.47. The van der Waals surface area contributed by atoms with Crippen molar-refractivity contribution >= 4 is 15.8 Å². The lowest BCUT2D eigenvalue weighted by molar-refractivity contribution is -0.145. The fraction of sp³-hybridized carbons (Fsp3) is 0.533. The maximum Gasteiger partial charge on any atom is 0.314 e. The minimum Gasteiger partial charge on any atom is -0.481 e. The highest BCUT2D eigenvalue weighted by molar-refractivity contribution is 7.92. The van der Waals surface area contributed by atoms with Gasteiger partial charge < -0.3 is 9.84 Å². The number of carbonyl (C=O) groups is 1. The van der Waals surface area contributed by atoms with E-state index in [2.05, 4.69) is 0 Å². The van der Waals surface area contributed by atoms with Crippen molar-refractivity contribution in [2.45, 2.75) is 25.0 Å². The third-order valence-corrected chi connectivity index (χ3v) is 6.53. The molecule has 0 radical (unpaired) electrons. The third-order valence-electron chi connectivity index (χ3n) is 4.26. The summed E-state index contributed by atoms with van der Waals surface area (Å²) in [6, 6.07) is 7.34. The SMILES string of the molecule is CCS(=O)(=O)[C@@H]1[C@@H](c2ccc(C)cc2)[C@@]1(COC)C(=O)O. The van der Waals surface area contributed by atoms with Crippen LogP contribution in [0.2, 0.25) is 0 Å². The van der Waals surface area contributed by atoms with Crippen LogP contribution in [-0.4, -0.2) is 44.2 Å². The van der Waals surface area contributed by atoms with E-state index in [0.29, 0.717) is 0 Å². The molecule has 21 heavy (non-hydrogen) atoms. The predicted octanol–water partition coefficient (Wildman–Crippen LogP) is 1.61. The van der Waals surface area contributed by atoms with Crippen molar-refractivity contribution in [3.05, 3.63) is 35.4 Å². The molecule has 1 aromatic rings. The summed E-state index contributed by atoms with van der Waals surface area (Å²) in [6.07, 6.45) is 0. The van der Waals surface area contributed by atoms with Crippen molar-refractivity contribution < 1.29 is 23.1 Å². The molecule has 1 aromatic carbocycles. The molecule has 0 aliphatic heterocycles. The van der Waals surface area contributed by atoms with Crippen LogP contribution in [0.15, 0.2) is 24.3 Å². The molecule has 116 valence electrons. The summed E-state index contributed by atoms with van der Waals surface area (Å²) < 4.78 is 29.6. The van der Waals surface area contributed by atoms with Gasteiger partial charge in [0, 0.05) is 18.8 Å². The van der Waals surface area contributed by atoms with E-state index in [4.69, 9.17) is 4.74 Å².